The average Bonchev–Trinajstić information content (AvgIpc) is 3.06. The average molecular weight is 229 g/mol. The molecule has 0 atom stereocenters. The predicted molar refractivity (Wildman–Crippen MR) is 72.3 cm³/mol. The van der Waals surface area contributed by atoms with E-state index in [2.05, 4.69) is 43.4 Å². The fraction of sp³-hybridized carbons (Fsp3) is 0.625. The SMILES string of the molecule is CCNCC1(c2ccc(C)cc2)CC2(CC2)C1. The van der Waals surface area contributed by atoms with Gasteiger partial charge in [0.2, 0.25) is 0 Å². The van der Waals surface area contributed by atoms with Crippen LogP contribution >= 0.6 is 0 Å². The molecule has 0 aromatic heterocycles. The predicted octanol–water partition coefficient (Wildman–Crippen LogP) is 3.42. The van der Waals surface area contributed by atoms with Gasteiger partial charge < -0.3 is 5.32 Å². The summed E-state index contributed by atoms with van der Waals surface area (Å²) in [5.41, 5.74) is 4.13. The van der Waals surface area contributed by atoms with E-state index >= 15 is 0 Å². The van der Waals surface area contributed by atoms with Gasteiger partial charge in [-0.15, -0.1) is 0 Å². The lowest BCUT2D eigenvalue weighted by atomic mass is 9.56. The molecular formula is C16H23N. The molecule has 3 rings (SSSR count). The fourth-order valence-electron chi connectivity index (χ4n) is 3.62. The van der Waals surface area contributed by atoms with Gasteiger partial charge in [-0.25, -0.2) is 0 Å². The van der Waals surface area contributed by atoms with Gasteiger partial charge in [-0.3, -0.25) is 0 Å². The van der Waals surface area contributed by atoms with E-state index < -0.39 is 0 Å². The Labute approximate surface area is 105 Å². The Balaban J connectivity index is 1.81. The van der Waals surface area contributed by atoms with Crippen molar-refractivity contribution in [3.8, 4) is 0 Å². The van der Waals surface area contributed by atoms with Crippen LogP contribution in [0.15, 0.2) is 24.3 Å². The molecule has 2 aliphatic carbocycles. The Morgan fingerprint density at radius 1 is 1.12 bits per heavy atom. The van der Waals surface area contributed by atoms with E-state index in [1.807, 2.05) is 0 Å². The zero-order chi connectivity index (χ0) is 11.9. The molecule has 0 amide bonds. The molecule has 1 nitrogen and oxygen atoms in total. The third kappa shape index (κ3) is 1.91. The van der Waals surface area contributed by atoms with E-state index in [1.54, 1.807) is 5.56 Å². The van der Waals surface area contributed by atoms with Gasteiger partial charge in [0.15, 0.2) is 0 Å². The highest BCUT2D eigenvalue weighted by Gasteiger charge is 2.60. The summed E-state index contributed by atoms with van der Waals surface area (Å²) in [6, 6.07) is 9.23. The highest BCUT2D eigenvalue weighted by Crippen LogP contribution is 2.68. The van der Waals surface area contributed by atoms with Crippen molar-refractivity contribution < 1.29 is 0 Å². The van der Waals surface area contributed by atoms with Gasteiger partial charge in [-0.05, 0) is 50.1 Å². The number of nitrogens with one attached hydrogen (secondary N) is 1. The van der Waals surface area contributed by atoms with Crippen LogP contribution in [0.5, 0.6) is 0 Å². The molecule has 1 spiro atoms. The molecule has 2 fully saturated rings. The van der Waals surface area contributed by atoms with Crippen LogP contribution in [-0.4, -0.2) is 13.1 Å². The number of rotatable bonds is 4. The second-order valence-corrected chi connectivity index (χ2v) is 6.28. The second-order valence-electron chi connectivity index (χ2n) is 6.28. The van der Waals surface area contributed by atoms with Crippen molar-refractivity contribution >= 4 is 0 Å². The Hall–Kier alpha value is -0.820. The third-order valence-electron chi connectivity index (χ3n) is 4.76. The van der Waals surface area contributed by atoms with Gasteiger partial charge in [-0.2, -0.15) is 0 Å². The van der Waals surface area contributed by atoms with Crippen LogP contribution < -0.4 is 5.32 Å². The molecule has 17 heavy (non-hydrogen) atoms. The summed E-state index contributed by atoms with van der Waals surface area (Å²) in [5, 5.41) is 3.57. The fourth-order valence-corrected chi connectivity index (χ4v) is 3.62. The quantitative estimate of drug-likeness (QED) is 0.834. The van der Waals surface area contributed by atoms with Gasteiger partial charge in [0.25, 0.3) is 0 Å². The summed E-state index contributed by atoms with van der Waals surface area (Å²) in [4.78, 5) is 0. The van der Waals surface area contributed by atoms with Crippen LogP contribution in [0.3, 0.4) is 0 Å². The smallest absolute Gasteiger partial charge is 0.00883 e. The molecular weight excluding hydrogens is 206 g/mol. The first-order valence-corrected chi connectivity index (χ1v) is 6.96. The van der Waals surface area contributed by atoms with E-state index in [0.29, 0.717) is 5.41 Å². The standard InChI is InChI=1S/C16H23N/c1-3-17-12-16(10-15(11-16)8-9-15)14-6-4-13(2)5-7-14/h4-7,17H,3,8-12H2,1-2H3. The Morgan fingerprint density at radius 2 is 1.76 bits per heavy atom. The molecule has 2 aliphatic rings. The summed E-state index contributed by atoms with van der Waals surface area (Å²) >= 11 is 0. The highest BCUT2D eigenvalue weighted by molar-refractivity contribution is 5.35. The Morgan fingerprint density at radius 3 is 2.29 bits per heavy atom. The summed E-state index contributed by atoms with van der Waals surface area (Å²) in [6.07, 6.45) is 5.78. The first-order valence-electron chi connectivity index (χ1n) is 6.96. The number of hydrogen-bond donors (Lipinski definition) is 1. The van der Waals surface area contributed by atoms with Crippen LogP contribution in [0.4, 0.5) is 0 Å². The second kappa shape index (κ2) is 3.84. The molecule has 2 saturated carbocycles. The maximum Gasteiger partial charge on any atom is 0.00883 e. The molecule has 0 heterocycles. The van der Waals surface area contributed by atoms with Crippen molar-refractivity contribution in [2.24, 2.45) is 5.41 Å². The van der Waals surface area contributed by atoms with Gasteiger partial charge in [0.05, 0.1) is 0 Å². The van der Waals surface area contributed by atoms with Gasteiger partial charge in [0.1, 0.15) is 0 Å². The van der Waals surface area contributed by atoms with Crippen LogP contribution in [-0.2, 0) is 5.41 Å². The van der Waals surface area contributed by atoms with Crippen LogP contribution in [0.25, 0.3) is 0 Å². The summed E-state index contributed by atoms with van der Waals surface area (Å²) in [6.45, 7) is 6.62. The van der Waals surface area contributed by atoms with E-state index in [4.69, 9.17) is 0 Å². The van der Waals surface area contributed by atoms with Crippen molar-refractivity contribution in [3.05, 3.63) is 35.4 Å². The highest BCUT2D eigenvalue weighted by atomic mass is 14.9. The first kappa shape index (κ1) is 11.3. The zero-order valence-corrected chi connectivity index (χ0v) is 11.1. The number of benzene rings is 1. The van der Waals surface area contributed by atoms with E-state index in [0.717, 1.165) is 18.5 Å². The van der Waals surface area contributed by atoms with Crippen molar-refractivity contribution in [2.45, 2.75) is 44.9 Å². The molecule has 1 N–H and O–H groups in total. The summed E-state index contributed by atoms with van der Waals surface area (Å²) in [5.74, 6) is 0. The largest absolute Gasteiger partial charge is 0.316 e. The number of hydrogen-bond acceptors (Lipinski definition) is 1. The lowest BCUT2D eigenvalue weighted by Crippen LogP contribution is -2.49. The Kier molecular flexibility index (Phi) is 2.55. The van der Waals surface area contributed by atoms with Crippen molar-refractivity contribution in [1.82, 2.24) is 5.32 Å². The van der Waals surface area contributed by atoms with Crippen LogP contribution in [0.1, 0.15) is 43.7 Å². The van der Waals surface area contributed by atoms with Crippen molar-refractivity contribution in [2.75, 3.05) is 13.1 Å². The van der Waals surface area contributed by atoms with E-state index in [9.17, 15) is 0 Å². The first-order chi connectivity index (χ1) is 8.18. The molecule has 1 aromatic carbocycles. The molecule has 0 saturated heterocycles. The van der Waals surface area contributed by atoms with Crippen LogP contribution in [0, 0.1) is 12.3 Å². The van der Waals surface area contributed by atoms with Crippen molar-refractivity contribution in [1.29, 1.82) is 0 Å². The van der Waals surface area contributed by atoms with E-state index in [-0.39, 0.29) is 0 Å². The monoisotopic (exact) mass is 229 g/mol. The minimum absolute atomic E-state index is 0.445. The van der Waals surface area contributed by atoms with Gasteiger partial charge in [0, 0.05) is 12.0 Å². The zero-order valence-electron chi connectivity index (χ0n) is 11.1. The normalized spacial score (nSPS) is 23.4. The van der Waals surface area contributed by atoms with Gasteiger partial charge in [-0.1, -0.05) is 36.8 Å². The van der Waals surface area contributed by atoms with Crippen molar-refractivity contribution in [3.63, 3.8) is 0 Å². The molecule has 0 radical (unpaired) electrons. The molecule has 1 aromatic rings. The maximum absolute atomic E-state index is 3.57. The molecule has 0 unspecified atom stereocenters. The summed E-state index contributed by atoms with van der Waals surface area (Å²) < 4.78 is 0. The molecule has 0 bridgehead atoms. The molecule has 92 valence electrons. The van der Waals surface area contributed by atoms with E-state index in [1.165, 1.54) is 31.2 Å². The maximum atomic E-state index is 3.57. The van der Waals surface area contributed by atoms with Crippen LogP contribution in [0.2, 0.25) is 0 Å². The minimum Gasteiger partial charge on any atom is -0.316 e. The lowest BCUT2D eigenvalue weighted by Gasteiger charge is -2.49. The number of likely N-dealkylation sites (N-methyl/N-ethyl adjacent to an activating group) is 1. The lowest BCUT2D eigenvalue weighted by molar-refractivity contribution is 0.117. The summed E-state index contributed by atoms with van der Waals surface area (Å²) in [7, 11) is 0. The minimum atomic E-state index is 0.445. The number of aryl methyl sites for hydroxylation is 1. The Bertz CT molecular complexity index is 392. The van der Waals surface area contributed by atoms with Gasteiger partial charge >= 0.3 is 0 Å². The third-order valence-corrected chi connectivity index (χ3v) is 4.76. The topological polar surface area (TPSA) is 12.0 Å². The molecule has 1 heteroatoms. The molecule has 0 aliphatic heterocycles.